The molecule has 0 aromatic rings. The minimum absolute atomic E-state index is 0.0429. The molecule has 1 aliphatic carbocycles. The van der Waals surface area contributed by atoms with Crippen LogP contribution in [0.5, 0.6) is 0 Å². The Bertz CT molecular complexity index is 519. The molecule has 0 radical (unpaired) electrons. The number of carbonyl (C=O) groups is 2. The summed E-state index contributed by atoms with van der Waals surface area (Å²) in [7, 11) is 0. The maximum Gasteiger partial charge on any atom is 0.407 e. The van der Waals surface area contributed by atoms with E-state index in [0.29, 0.717) is 31.5 Å². The molecule has 0 saturated heterocycles. The average molecular weight is 399 g/mol. The lowest BCUT2D eigenvalue weighted by Crippen LogP contribution is -2.55. The number of rotatable bonds is 9. The molecule has 6 nitrogen and oxygen atoms in total. The van der Waals surface area contributed by atoms with Crippen LogP contribution in [0.25, 0.3) is 0 Å². The van der Waals surface area contributed by atoms with E-state index in [9.17, 15) is 9.59 Å². The Morgan fingerprint density at radius 1 is 1.00 bits per heavy atom. The van der Waals surface area contributed by atoms with Gasteiger partial charge in [-0.2, -0.15) is 0 Å². The first-order valence-electron chi connectivity index (χ1n) is 10.7. The third kappa shape index (κ3) is 8.38. The third-order valence-corrected chi connectivity index (χ3v) is 5.59. The molecule has 0 heterocycles. The van der Waals surface area contributed by atoms with Crippen LogP contribution in [0, 0.1) is 22.7 Å². The lowest BCUT2D eigenvalue weighted by atomic mass is 9.60. The quantitative estimate of drug-likeness (QED) is 0.566. The van der Waals surface area contributed by atoms with Crippen molar-refractivity contribution in [2.24, 2.45) is 28.4 Å². The van der Waals surface area contributed by atoms with Crippen LogP contribution in [0.2, 0.25) is 0 Å². The second kappa shape index (κ2) is 10.5. The maximum atomic E-state index is 12.5. The van der Waals surface area contributed by atoms with E-state index in [1.165, 1.54) is 0 Å². The summed E-state index contributed by atoms with van der Waals surface area (Å²) in [6.45, 7) is 15.5. The maximum absolute atomic E-state index is 12.5. The first-order valence-corrected chi connectivity index (χ1v) is 10.7. The Morgan fingerprint density at radius 3 is 2.07 bits per heavy atom. The van der Waals surface area contributed by atoms with Gasteiger partial charge in [-0.25, -0.2) is 4.79 Å². The normalized spacial score (nSPS) is 25.4. The Hall–Kier alpha value is -1.30. The van der Waals surface area contributed by atoms with Gasteiger partial charge >= 0.3 is 12.1 Å². The van der Waals surface area contributed by atoms with Gasteiger partial charge in [-0.3, -0.25) is 4.79 Å². The van der Waals surface area contributed by atoms with Crippen molar-refractivity contribution in [2.75, 3.05) is 13.2 Å². The molecule has 0 aromatic heterocycles. The van der Waals surface area contributed by atoms with Crippen LogP contribution in [0.1, 0.15) is 80.6 Å². The molecular weight excluding hydrogens is 356 g/mol. The van der Waals surface area contributed by atoms with Gasteiger partial charge in [-0.1, -0.05) is 48.5 Å². The van der Waals surface area contributed by atoms with E-state index in [4.69, 9.17) is 15.2 Å². The van der Waals surface area contributed by atoms with Crippen molar-refractivity contribution in [3.8, 4) is 0 Å². The Balaban J connectivity index is 2.69. The van der Waals surface area contributed by atoms with Gasteiger partial charge in [-0.05, 0) is 54.8 Å². The Labute approximate surface area is 171 Å². The van der Waals surface area contributed by atoms with E-state index in [1.807, 2.05) is 6.92 Å². The first kappa shape index (κ1) is 24.7. The van der Waals surface area contributed by atoms with E-state index >= 15 is 0 Å². The molecule has 0 aromatic carbocycles. The Morgan fingerprint density at radius 2 is 1.54 bits per heavy atom. The number of amides is 1. The minimum Gasteiger partial charge on any atom is -0.465 e. The molecule has 164 valence electrons. The summed E-state index contributed by atoms with van der Waals surface area (Å²) in [5.41, 5.74) is 5.87. The molecule has 1 rings (SSSR count). The molecule has 1 fully saturated rings. The molecule has 0 aliphatic heterocycles. The first-order chi connectivity index (χ1) is 12.8. The minimum atomic E-state index is -0.708. The highest BCUT2D eigenvalue weighted by Gasteiger charge is 2.47. The number of alkyl carbamates (subject to hydrolysis) is 1. The molecule has 1 amide bonds. The van der Waals surface area contributed by atoms with Gasteiger partial charge in [0.1, 0.15) is 6.04 Å². The van der Waals surface area contributed by atoms with Crippen molar-refractivity contribution in [1.82, 2.24) is 5.32 Å². The summed E-state index contributed by atoms with van der Waals surface area (Å²) in [6.07, 6.45) is 3.55. The van der Waals surface area contributed by atoms with E-state index in [0.717, 1.165) is 25.7 Å². The van der Waals surface area contributed by atoms with Gasteiger partial charge in [-0.15, -0.1) is 0 Å². The summed E-state index contributed by atoms with van der Waals surface area (Å²) >= 11 is 0. The van der Waals surface area contributed by atoms with Crippen molar-refractivity contribution in [1.29, 1.82) is 0 Å². The number of carbonyl (C=O) groups excluding carboxylic acids is 2. The van der Waals surface area contributed by atoms with Crippen molar-refractivity contribution in [2.45, 2.75) is 92.7 Å². The Kier molecular flexibility index (Phi) is 9.25. The fourth-order valence-corrected chi connectivity index (χ4v) is 4.24. The molecule has 0 bridgehead atoms. The SMILES string of the molecule is CC(C)CCOC(=O)NC1CC(C)(C)CC(C)(C(N)C(=O)OCCC(C)C)C1. The lowest BCUT2D eigenvalue weighted by molar-refractivity contribution is -0.150. The topological polar surface area (TPSA) is 90.6 Å². The second-order valence-electron chi connectivity index (χ2n) is 10.4. The molecule has 28 heavy (non-hydrogen) atoms. The van der Waals surface area contributed by atoms with Gasteiger partial charge < -0.3 is 20.5 Å². The van der Waals surface area contributed by atoms with Crippen LogP contribution in [-0.4, -0.2) is 37.4 Å². The number of nitrogens with one attached hydrogen (secondary N) is 1. The molecular formula is C22H42N2O4. The predicted octanol–water partition coefficient (Wildman–Crippen LogP) is 4.26. The zero-order valence-electron chi connectivity index (χ0n) is 19.0. The van der Waals surface area contributed by atoms with Crippen LogP contribution in [0.3, 0.4) is 0 Å². The molecule has 1 aliphatic rings. The average Bonchev–Trinajstić information content (AvgIpc) is 2.51. The van der Waals surface area contributed by atoms with Crippen LogP contribution in [0.4, 0.5) is 4.79 Å². The zero-order valence-corrected chi connectivity index (χ0v) is 19.0. The van der Waals surface area contributed by atoms with E-state index in [1.54, 1.807) is 0 Å². The second-order valence-corrected chi connectivity index (χ2v) is 10.4. The van der Waals surface area contributed by atoms with Gasteiger partial charge in [0.25, 0.3) is 0 Å². The van der Waals surface area contributed by atoms with Gasteiger partial charge in [0.05, 0.1) is 13.2 Å². The molecule has 3 N–H and O–H groups in total. The zero-order chi connectivity index (χ0) is 21.5. The fourth-order valence-electron chi connectivity index (χ4n) is 4.24. The summed E-state index contributed by atoms with van der Waals surface area (Å²) in [5, 5.41) is 2.99. The molecule has 0 spiro atoms. The van der Waals surface area contributed by atoms with Crippen molar-refractivity contribution in [3.05, 3.63) is 0 Å². The van der Waals surface area contributed by atoms with Crippen LogP contribution in [-0.2, 0) is 14.3 Å². The predicted molar refractivity (Wildman–Crippen MR) is 112 cm³/mol. The van der Waals surface area contributed by atoms with Crippen LogP contribution < -0.4 is 11.1 Å². The number of hydrogen-bond acceptors (Lipinski definition) is 5. The van der Waals surface area contributed by atoms with E-state index in [-0.39, 0.29) is 17.4 Å². The van der Waals surface area contributed by atoms with Crippen molar-refractivity contribution in [3.63, 3.8) is 0 Å². The summed E-state index contributed by atoms with van der Waals surface area (Å²) < 4.78 is 10.7. The monoisotopic (exact) mass is 398 g/mol. The lowest BCUT2D eigenvalue weighted by Gasteiger charge is -2.48. The highest BCUT2D eigenvalue weighted by molar-refractivity contribution is 5.76. The van der Waals surface area contributed by atoms with E-state index < -0.39 is 17.6 Å². The fraction of sp³-hybridized carbons (Fsp3) is 0.909. The summed E-state index contributed by atoms with van der Waals surface area (Å²) in [4.78, 5) is 24.7. The molecule has 6 heteroatoms. The van der Waals surface area contributed by atoms with Crippen LogP contribution in [0.15, 0.2) is 0 Å². The molecule has 3 unspecified atom stereocenters. The standard InChI is InChI=1S/C22H42N2O4/c1-15(2)8-10-27-19(25)18(23)22(7)13-17(12-21(5,6)14-22)24-20(26)28-11-9-16(3)4/h15-18H,8-14,23H2,1-7H3,(H,24,26). The van der Waals surface area contributed by atoms with Gasteiger partial charge in [0.15, 0.2) is 0 Å². The van der Waals surface area contributed by atoms with E-state index in [2.05, 4.69) is 46.9 Å². The number of nitrogens with two attached hydrogens (primary N) is 1. The van der Waals surface area contributed by atoms with Gasteiger partial charge in [0.2, 0.25) is 0 Å². The summed E-state index contributed by atoms with van der Waals surface area (Å²) in [5.74, 6) is 0.618. The summed E-state index contributed by atoms with van der Waals surface area (Å²) in [6, 6.07) is -0.782. The third-order valence-electron chi connectivity index (χ3n) is 5.59. The molecule has 1 saturated carbocycles. The number of ether oxygens (including phenoxy) is 2. The van der Waals surface area contributed by atoms with Crippen LogP contribution >= 0.6 is 0 Å². The van der Waals surface area contributed by atoms with Crippen molar-refractivity contribution < 1.29 is 19.1 Å². The van der Waals surface area contributed by atoms with Crippen molar-refractivity contribution >= 4 is 12.1 Å². The largest absolute Gasteiger partial charge is 0.465 e. The van der Waals surface area contributed by atoms with Gasteiger partial charge in [0, 0.05) is 6.04 Å². The highest BCUT2D eigenvalue weighted by Crippen LogP contribution is 2.47. The highest BCUT2D eigenvalue weighted by atomic mass is 16.5. The number of esters is 1. The smallest absolute Gasteiger partial charge is 0.407 e. The molecule has 3 atom stereocenters. The number of hydrogen-bond donors (Lipinski definition) is 2.